The predicted octanol–water partition coefficient (Wildman–Crippen LogP) is 1.83. The third-order valence-electron chi connectivity index (χ3n) is 2.19. The zero-order chi connectivity index (χ0) is 14.4. The largest absolute Gasteiger partial charge is 0.505 e. The van der Waals surface area contributed by atoms with Crippen molar-refractivity contribution in [2.45, 2.75) is 13.5 Å². The van der Waals surface area contributed by atoms with Crippen molar-refractivity contribution in [3.63, 3.8) is 0 Å². The molecule has 0 fully saturated rings. The number of ether oxygens (including phenoxy) is 1. The molecular formula is C12H11NO6. The number of carboxylic acids is 1. The lowest BCUT2D eigenvalue weighted by atomic mass is 10.1. The maximum Gasteiger partial charge on any atom is 0.362 e. The molecule has 0 saturated heterocycles. The fourth-order valence-corrected chi connectivity index (χ4v) is 1.26. The highest BCUT2D eigenvalue weighted by atomic mass is 16.5. The molecule has 7 heteroatoms. The smallest absolute Gasteiger partial charge is 0.362 e. The van der Waals surface area contributed by atoms with Crippen LogP contribution in [-0.2, 0) is 20.9 Å². The van der Waals surface area contributed by atoms with E-state index in [0.717, 1.165) is 0 Å². The lowest BCUT2D eigenvalue weighted by Crippen LogP contribution is -2.02. The van der Waals surface area contributed by atoms with Crippen LogP contribution >= 0.6 is 0 Å². The topological polar surface area (TPSA) is 113 Å². The number of rotatable bonds is 5. The summed E-state index contributed by atoms with van der Waals surface area (Å²) in [5.41, 5.74) is -0.181. The monoisotopic (exact) mass is 265 g/mol. The van der Waals surface area contributed by atoms with Gasteiger partial charge in [-0.2, -0.15) is 0 Å². The maximum atomic E-state index is 10.6. The Kier molecular flexibility index (Phi) is 4.76. The minimum Gasteiger partial charge on any atom is -0.505 e. The van der Waals surface area contributed by atoms with Gasteiger partial charge in [-0.25, -0.2) is 4.79 Å². The van der Waals surface area contributed by atoms with E-state index in [1.54, 1.807) is 0 Å². The number of carbonyl (C=O) groups is 2. The molecule has 0 aliphatic carbocycles. The summed E-state index contributed by atoms with van der Waals surface area (Å²) < 4.78 is 4.76. The summed E-state index contributed by atoms with van der Waals surface area (Å²) in [6.07, 6.45) is 0. The normalized spacial score (nSPS) is 11.4. The highest BCUT2D eigenvalue weighted by molar-refractivity contribution is 5.94. The van der Waals surface area contributed by atoms with Crippen molar-refractivity contribution in [3.8, 4) is 0 Å². The first-order chi connectivity index (χ1) is 8.95. The first kappa shape index (κ1) is 14.4. The van der Waals surface area contributed by atoms with Gasteiger partial charge in [-0.1, -0.05) is 24.3 Å². The van der Waals surface area contributed by atoms with E-state index in [1.807, 2.05) is 0 Å². The van der Waals surface area contributed by atoms with Crippen LogP contribution in [0.5, 0.6) is 0 Å². The number of hydrogen-bond donors (Lipinski definition) is 2. The number of aliphatic hydroxyl groups excluding tert-OH is 1. The van der Waals surface area contributed by atoms with Crippen LogP contribution in [0.3, 0.4) is 0 Å². The highest BCUT2D eigenvalue weighted by Crippen LogP contribution is 2.18. The molecule has 0 spiro atoms. The van der Waals surface area contributed by atoms with Crippen molar-refractivity contribution in [1.82, 2.24) is 0 Å². The molecule has 1 rings (SSSR count). The predicted molar refractivity (Wildman–Crippen MR) is 64.9 cm³/mol. The molecule has 0 aliphatic rings. The van der Waals surface area contributed by atoms with Crippen LogP contribution in [0.1, 0.15) is 18.1 Å². The Morgan fingerprint density at radius 1 is 1.21 bits per heavy atom. The van der Waals surface area contributed by atoms with E-state index >= 15 is 0 Å². The number of esters is 1. The molecule has 0 bridgehead atoms. The minimum absolute atomic E-state index is 0.0673. The molecule has 19 heavy (non-hydrogen) atoms. The number of hydrogen-bond acceptors (Lipinski definition) is 6. The molecule has 0 amide bonds. The second-order valence-electron chi connectivity index (χ2n) is 3.57. The summed E-state index contributed by atoms with van der Waals surface area (Å²) in [6.45, 7) is 1.34. The zero-order valence-electron chi connectivity index (χ0n) is 9.99. The molecule has 0 aliphatic heterocycles. The van der Waals surface area contributed by atoms with Crippen LogP contribution in [0.2, 0.25) is 0 Å². The molecule has 7 nitrogen and oxygen atoms in total. The van der Waals surface area contributed by atoms with Crippen LogP contribution in [-0.4, -0.2) is 22.2 Å². The summed E-state index contributed by atoms with van der Waals surface area (Å²) >= 11 is 0. The summed E-state index contributed by atoms with van der Waals surface area (Å²) in [4.78, 5) is 31.5. The lowest BCUT2D eigenvalue weighted by Gasteiger charge is -2.04. The van der Waals surface area contributed by atoms with E-state index < -0.39 is 23.4 Å². The first-order valence-corrected chi connectivity index (χ1v) is 5.18. The number of aliphatic hydroxyl groups is 1. The average molecular weight is 265 g/mol. The molecule has 0 unspecified atom stereocenters. The molecular weight excluding hydrogens is 254 g/mol. The summed E-state index contributed by atoms with van der Waals surface area (Å²) in [7, 11) is 0. The van der Waals surface area contributed by atoms with Gasteiger partial charge in [0.05, 0.1) is 0 Å². The van der Waals surface area contributed by atoms with E-state index in [0.29, 0.717) is 5.56 Å². The SMILES string of the molecule is CC(=O)OCc1ccc(C(O)=C(N=O)C(=O)O)cc1. The van der Waals surface area contributed by atoms with Gasteiger partial charge in [0.2, 0.25) is 5.70 Å². The standard InChI is InChI=1S/C12H11NO6/c1-7(14)19-6-8-2-4-9(5-3-8)11(15)10(13-18)12(16)17/h2-5,15H,6H2,1H3,(H,16,17). The molecule has 2 N–H and O–H groups in total. The second kappa shape index (κ2) is 6.29. The number of carboxylic acid groups (broad SMARTS) is 1. The van der Waals surface area contributed by atoms with Gasteiger partial charge < -0.3 is 14.9 Å². The van der Waals surface area contributed by atoms with Crippen molar-refractivity contribution >= 4 is 17.7 Å². The minimum atomic E-state index is -1.61. The van der Waals surface area contributed by atoms with Crippen LogP contribution in [0.4, 0.5) is 0 Å². The quantitative estimate of drug-likeness (QED) is 0.363. The van der Waals surface area contributed by atoms with E-state index in [2.05, 4.69) is 5.18 Å². The van der Waals surface area contributed by atoms with Gasteiger partial charge in [-0.3, -0.25) is 4.79 Å². The Labute approximate surface area is 108 Å². The highest BCUT2D eigenvalue weighted by Gasteiger charge is 2.16. The lowest BCUT2D eigenvalue weighted by molar-refractivity contribution is -0.142. The molecule has 0 radical (unpaired) electrons. The number of carbonyl (C=O) groups excluding carboxylic acids is 1. The van der Waals surface area contributed by atoms with Crippen molar-refractivity contribution in [1.29, 1.82) is 0 Å². The Balaban J connectivity index is 2.95. The Bertz CT molecular complexity index is 532. The number of nitroso groups, excluding NO2 is 1. The second-order valence-corrected chi connectivity index (χ2v) is 3.57. The van der Waals surface area contributed by atoms with Crippen LogP contribution < -0.4 is 0 Å². The van der Waals surface area contributed by atoms with Gasteiger partial charge in [0, 0.05) is 12.5 Å². The Morgan fingerprint density at radius 3 is 2.21 bits per heavy atom. The van der Waals surface area contributed by atoms with Gasteiger partial charge in [0.15, 0.2) is 5.76 Å². The fraction of sp³-hybridized carbons (Fsp3) is 0.167. The maximum absolute atomic E-state index is 10.6. The number of nitrogens with zero attached hydrogens (tertiary/aromatic N) is 1. The summed E-state index contributed by atoms with van der Waals surface area (Å²) in [6, 6.07) is 5.84. The van der Waals surface area contributed by atoms with Gasteiger partial charge in [-0.05, 0) is 10.7 Å². The molecule has 100 valence electrons. The number of benzene rings is 1. The van der Waals surface area contributed by atoms with Gasteiger partial charge in [0.1, 0.15) is 6.61 Å². The van der Waals surface area contributed by atoms with Gasteiger partial charge in [0.25, 0.3) is 0 Å². The first-order valence-electron chi connectivity index (χ1n) is 5.18. The molecule has 0 saturated carbocycles. The molecule has 1 aromatic rings. The Morgan fingerprint density at radius 2 is 1.79 bits per heavy atom. The molecule has 1 aromatic carbocycles. The van der Waals surface area contributed by atoms with Crippen LogP contribution in [0.15, 0.2) is 35.1 Å². The fourth-order valence-electron chi connectivity index (χ4n) is 1.26. The summed E-state index contributed by atoms with van der Waals surface area (Å²) in [5.74, 6) is -2.76. The van der Waals surface area contributed by atoms with E-state index in [1.165, 1.54) is 31.2 Å². The molecule has 0 atom stereocenters. The van der Waals surface area contributed by atoms with Gasteiger partial charge >= 0.3 is 11.9 Å². The third kappa shape index (κ3) is 3.91. The average Bonchev–Trinajstić information content (AvgIpc) is 2.37. The van der Waals surface area contributed by atoms with Crippen LogP contribution in [0, 0.1) is 4.91 Å². The zero-order valence-corrected chi connectivity index (χ0v) is 9.99. The van der Waals surface area contributed by atoms with E-state index in [-0.39, 0.29) is 12.2 Å². The van der Waals surface area contributed by atoms with Crippen molar-refractivity contribution in [2.24, 2.45) is 5.18 Å². The number of aliphatic carboxylic acids is 1. The summed E-state index contributed by atoms with van der Waals surface area (Å²) in [5, 5.41) is 20.5. The van der Waals surface area contributed by atoms with Crippen molar-refractivity contribution in [2.75, 3.05) is 0 Å². The van der Waals surface area contributed by atoms with Gasteiger partial charge in [-0.15, -0.1) is 4.91 Å². The molecule has 0 heterocycles. The van der Waals surface area contributed by atoms with Crippen molar-refractivity contribution in [3.05, 3.63) is 46.0 Å². The third-order valence-corrected chi connectivity index (χ3v) is 2.19. The molecule has 0 aromatic heterocycles. The van der Waals surface area contributed by atoms with E-state index in [4.69, 9.17) is 9.84 Å². The van der Waals surface area contributed by atoms with Crippen molar-refractivity contribution < 1.29 is 24.5 Å². The van der Waals surface area contributed by atoms with Crippen LogP contribution in [0.25, 0.3) is 5.76 Å². The Hall–Kier alpha value is -2.70. The van der Waals surface area contributed by atoms with E-state index in [9.17, 15) is 19.6 Å².